The van der Waals surface area contributed by atoms with E-state index < -0.39 is 0 Å². The Kier molecular flexibility index (Phi) is 5.74. The van der Waals surface area contributed by atoms with E-state index in [0.717, 1.165) is 29.5 Å². The summed E-state index contributed by atoms with van der Waals surface area (Å²) in [5.74, 6) is 3.15. The van der Waals surface area contributed by atoms with E-state index in [1.807, 2.05) is 12.1 Å². The average molecular weight is 293 g/mol. The third-order valence-electron chi connectivity index (χ3n) is 4.38. The third-order valence-corrected chi connectivity index (χ3v) is 4.38. The largest absolute Gasteiger partial charge is 0.496 e. The van der Waals surface area contributed by atoms with Crippen molar-refractivity contribution in [2.75, 3.05) is 21.3 Å². The molecule has 1 aromatic carbocycles. The number of nitrogens with one attached hydrogen (secondary N) is 1. The Hall–Kier alpha value is -1.42. The smallest absolute Gasteiger partial charge is 0.164 e. The van der Waals surface area contributed by atoms with Crippen molar-refractivity contribution in [1.29, 1.82) is 0 Å². The quantitative estimate of drug-likeness (QED) is 0.873. The molecule has 0 radical (unpaired) electrons. The van der Waals surface area contributed by atoms with E-state index >= 15 is 0 Å². The summed E-state index contributed by atoms with van der Waals surface area (Å²) in [6.45, 7) is 3.14. The van der Waals surface area contributed by atoms with Gasteiger partial charge in [0, 0.05) is 24.2 Å². The lowest BCUT2D eigenvalue weighted by Gasteiger charge is -2.27. The van der Waals surface area contributed by atoms with Crippen LogP contribution in [0.4, 0.5) is 0 Å². The SMILES string of the molecule is COc1cc(OC)c(OC)cc1CNC1CCC(C)CC1. The Morgan fingerprint density at radius 3 is 2.05 bits per heavy atom. The van der Waals surface area contributed by atoms with Crippen molar-refractivity contribution in [2.24, 2.45) is 5.92 Å². The molecular formula is C17H27NO3. The van der Waals surface area contributed by atoms with Crippen LogP contribution < -0.4 is 19.5 Å². The van der Waals surface area contributed by atoms with Crippen molar-refractivity contribution in [3.63, 3.8) is 0 Å². The summed E-state index contributed by atoms with van der Waals surface area (Å²) in [5.41, 5.74) is 1.11. The second kappa shape index (κ2) is 7.55. The second-order valence-electron chi connectivity index (χ2n) is 5.86. The first-order valence-corrected chi connectivity index (χ1v) is 7.70. The fraction of sp³-hybridized carbons (Fsp3) is 0.647. The molecule has 118 valence electrons. The van der Waals surface area contributed by atoms with Gasteiger partial charge in [-0.1, -0.05) is 6.92 Å². The van der Waals surface area contributed by atoms with Gasteiger partial charge in [0.05, 0.1) is 21.3 Å². The van der Waals surface area contributed by atoms with Crippen molar-refractivity contribution in [3.8, 4) is 17.2 Å². The summed E-state index contributed by atoms with van der Waals surface area (Å²) in [6.07, 6.45) is 5.16. The van der Waals surface area contributed by atoms with E-state index in [9.17, 15) is 0 Å². The fourth-order valence-electron chi connectivity index (χ4n) is 2.95. The minimum Gasteiger partial charge on any atom is -0.496 e. The molecule has 1 fully saturated rings. The highest BCUT2D eigenvalue weighted by Crippen LogP contribution is 2.34. The standard InChI is InChI=1S/C17H27NO3/c1-12-5-7-14(8-6-12)18-11-13-9-16(20-3)17(21-4)10-15(13)19-2/h9-10,12,14,18H,5-8,11H2,1-4H3. The van der Waals surface area contributed by atoms with Crippen molar-refractivity contribution in [3.05, 3.63) is 17.7 Å². The molecule has 21 heavy (non-hydrogen) atoms. The molecule has 0 bridgehead atoms. The highest BCUT2D eigenvalue weighted by molar-refractivity contribution is 5.50. The Labute approximate surface area is 127 Å². The van der Waals surface area contributed by atoms with Gasteiger partial charge >= 0.3 is 0 Å². The molecule has 0 unspecified atom stereocenters. The first-order chi connectivity index (χ1) is 10.2. The summed E-state index contributed by atoms with van der Waals surface area (Å²) in [7, 11) is 4.98. The van der Waals surface area contributed by atoms with Crippen LogP contribution in [0.25, 0.3) is 0 Å². The van der Waals surface area contributed by atoms with Gasteiger partial charge in [0.25, 0.3) is 0 Å². The van der Waals surface area contributed by atoms with E-state index in [4.69, 9.17) is 14.2 Å². The second-order valence-corrected chi connectivity index (χ2v) is 5.86. The van der Waals surface area contributed by atoms with Gasteiger partial charge in [-0.15, -0.1) is 0 Å². The molecule has 0 aliphatic heterocycles. The van der Waals surface area contributed by atoms with Gasteiger partial charge in [-0.3, -0.25) is 0 Å². The van der Waals surface area contributed by atoms with Crippen LogP contribution in [0.5, 0.6) is 17.2 Å². The normalized spacial score (nSPS) is 21.9. The molecule has 1 aromatic rings. The molecule has 0 amide bonds. The van der Waals surface area contributed by atoms with Crippen molar-refractivity contribution < 1.29 is 14.2 Å². The maximum absolute atomic E-state index is 5.47. The van der Waals surface area contributed by atoms with E-state index in [1.54, 1.807) is 21.3 Å². The molecule has 0 heterocycles. The monoisotopic (exact) mass is 293 g/mol. The molecule has 1 aliphatic rings. The maximum atomic E-state index is 5.47. The van der Waals surface area contributed by atoms with Crippen molar-refractivity contribution >= 4 is 0 Å². The third kappa shape index (κ3) is 4.03. The van der Waals surface area contributed by atoms with Gasteiger partial charge in [0.1, 0.15) is 5.75 Å². The Balaban J connectivity index is 2.04. The molecule has 0 aromatic heterocycles. The first kappa shape index (κ1) is 16.0. The van der Waals surface area contributed by atoms with Crippen LogP contribution in [0.3, 0.4) is 0 Å². The van der Waals surface area contributed by atoms with Crippen LogP contribution >= 0.6 is 0 Å². The van der Waals surface area contributed by atoms with Gasteiger partial charge < -0.3 is 19.5 Å². The lowest BCUT2D eigenvalue weighted by atomic mass is 9.87. The number of ether oxygens (including phenoxy) is 3. The van der Waals surface area contributed by atoms with Crippen LogP contribution in [0.15, 0.2) is 12.1 Å². The lowest BCUT2D eigenvalue weighted by Crippen LogP contribution is -2.32. The fourth-order valence-corrected chi connectivity index (χ4v) is 2.95. The molecule has 1 N–H and O–H groups in total. The van der Waals surface area contributed by atoms with Gasteiger partial charge in [0.2, 0.25) is 0 Å². The molecule has 0 saturated heterocycles. The van der Waals surface area contributed by atoms with Crippen molar-refractivity contribution in [2.45, 2.75) is 45.2 Å². The molecule has 2 rings (SSSR count). The molecule has 4 nitrogen and oxygen atoms in total. The predicted molar refractivity (Wildman–Crippen MR) is 84.4 cm³/mol. The summed E-state index contributed by atoms with van der Waals surface area (Å²) in [6, 6.07) is 4.49. The van der Waals surface area contributed by atoms with Gasteiger partial charge in [0.15, 0.2) is 11.5 Å². The molecule has 0 atom stereocenters. The van der Waals surface area contributed by atoms with E-state index in [0.29, 0.717) is 11.8 Å². The predicted octanol–water partition coefficient (Wildman–Crippen LogP) is 3.38. The molecule has 0 spiro atoms. The zero-order valence-electron chi connectivity index (χ0n) is 13.6. The van der Waals surface area contributed by atoms with Crippen molar-refractivity contribution in [1.82, 2.24) is 5.32 Å². The molecule has 4 heteroatoms. The van der Waals surface area contributed by atoms with Gasteiger partial charge in [-0.2, -0.15) is 0 Å². The molecule has 1 aliphatic carbocycles. The number of methoxy groups -OCH3 is 3. The van der Waals surface area contributed by atoms with Crippen LogP contribution in [0.2, 0.25) is 0 Å². The Morgan fingerprint density at radius 2 is 1.48 bits per heavy atom. The first-order valence-electron chi connectivity index (χ1n) is 7.70. The van der Waals surface area contributed by atoms with Crippen LogP contribution in [-0.2, 0) is 6.54 Å². The van der Waals surface area contributed by atoms with Crippen LogP contribution in [0.1, 0.15) is 38.2 Å². The number of rotatable bonds is 6. The minimum atomic E-state index is 0.610. The molecule has 1 saturated carbocycles. The zero-order chi connectivity index (χ0) is 15.2. The Morgan fingerprint density at radius 1 is 0.905 bits per heavy atom. The summed E-state index contributed by atoms with van der Waals surface area (Å²) in [4.78, 5) is 0. The number of benzene rings is 1. The van der Waals surface area contributed by atoms with E-state index in [2.05, 4.69) is 12.2 Å². The van der Waals surface area contributed by atoms with E-state index in [-0.39, 0.29) is 0 Å². The summed E-state index contributed by atoms with van der Waals surface area (Å²) in [5, 5.41) is 3.65. The number of hydrogen-bond acceptors (Lipinski definition) is 4. The highest BCUT2D eigenvalue weighted by Gasteiger charge is 2.18. The van der Waals surface area contributed by atoms with Gasteiger partial charge in [-0.05, 0) is 37.7 Å². The average Bonchev–Trinajstić information content (AvgIpc) is 2.53. The van der Waals surface area contributed by atoms with Crippen LogP contribution in [0, 0.1) is 5.92 Å². The summed E-state index contributed by atoms with van der Waals surface area (Å²) < 4.78 is 16.2. The summed E-state index contributed by atoms with van der Waals surface area (Å²) >= 11 is 0. The maximum Gasteiger partial charge on any atom is 0.164 e. The van der Waals surface area contributed by atoms with Crippen LogP contribution in [-0.4, -0.2) is 27.4 Å². The highest BCUT2D eigenvalue weighted by atomic mass is 16.5. The molecular weight excluding hydrogens is 266 g/mol. The van der Waals surface area contributed by atoms with E-state index in [1.165, 1.54) is 25.7 Å². The topological polar surface area (TPSA) is 39.7 Å². The Bertz CT molecular complexity index is 454. The minimum absolute atomic E-state index is 0.610. The number of hydrogen-bond donors (Lipinski definition) is 1. The zero-order valence-corrected chi connectivity index (χ0v) is 13.6. The van der Waals surface area contributed by atoms with Gasteiger partial charge in [-0.25, -0.2) is 0 Å². The lowest BCUT2D eigenvalue weighted by molar-refractivity contribution is 0.304.